The molecular weight excluding hydrogens is 199 g/mol. The number of carboxylic acid groups (broad SMARTS) is 1. The minimum absolute atomic E-state index is 0.122. The van der Waals surface area contributed by atoms with Crippen LogP contribution in [0.2, 0.25) is 0 Å². The van der Waals surface area contributed by atoms with Gasteiger partial charge in [-0.3, -0.25) is 4.79 Å². The van der Waals surface area contributed by atoms with Gasteiger partial charge in [-0.25, -0.2) is 4.39 Å². The number of rotatable bonds is 4. The maximum Gasteiger partial charge on any atom is 0.306 e. The summed E-state index contributed by atoms with van der Waals surface area (Å²) in [7, 11) is 0. The lowest BCUT2D eigenvalue weighted by molar-refractivity contribution is -0.141. The van der Waals surface area contributed by atoms with Gasteiger partial charge in [-0.1, -0.05) is 12.1 Å². The molecule has 0 aliphatic heterocycles. The molecule has 1 aromatic rings. The highest BCUT2D eigenvalue weighted by atomic mass is 19.1. The van der Waals surface area contributed by atoms with Gasteiger partial charge in [0.1, 0.15) is 5.82 Å². The average Bonchev–Trinajstić information content (AvgIpc) is 1.99. The second-order valence-corrected chi connectivity index (χ2v) is 3.87. The van der Waals surface area contributed by atoms with Gasteiger partial charge in [-0.05, 0) is 24.6 Å². The van der Waals surface area contributed by atoms with Crippen LogP contribution in [0.5, 0.6) is 0 Å². The van der Waals surface area contributed by atoms with Gasteiger partial charge < -0.3 is 10.2 Å². The Balaban J connectivity index is 2.72. The van der Waals surface area contributed by atoms with E-state index >= 15 is 0 Å². The Kier molecular flexibility index (Phi) is 3.42. The predicted octanol–water partition coefficient (Wildman–Crippen LogP) is 1.59. The predicted molar refractivity (Wildman–Crippen MR) is 53.0 cm³/mol. The molecule has 82 valence electrons. The van der Waals surface area contributed by atoms with E-state index in [-0.39, 0.29) is 12.8 Å². The van der Waals surface area contributed by atoms with Crippen molar-refractivity contribution in [1.82, 2.24) is 0 Å². The molecule has 0 aliphatic rings. The molecule has 0 spiro atoms. The highest BCUT2D eigenvalue weighted by Crippen LogP contribution is 2.17. The fourth-order valence-corrected chi connectivity index (χ4v) is 1.47. The minimum atomic E-state index is -1.35. The van der Waals surface area contributed by atoms with E-state index in [9.17, 15) is 14.3 Å². The lowest BCUT2D eigenvalue weighted by Gasteiger charge is -2.20. The van der Waals surface area contributed by atoms with Crippen molar-refractivity contribution in [3.63, 3.8) is 0 Å². The molecule has 1 atom stereocenters. The molecule has 0 heterocycles. The van der Waals surface area contributed by atoms with Gasteiger partial charge in [0.2, 0.25) is 0 Å². The van der Waals surface area contributed by atoms with Crippen molar-refractivity contribution in [3.8, 4) is 0 Å². The molecule has 15 heavy (non-hydrogen) atoms. The van der Waals surface area contributed by atoms with Crippen LogP contribution >= 0.6 is 0 Å². The fraction of sp³-hybridized carbons (Fsp3) is 0.364. The number of aliphatic carboxylic acids is 1. The molecule has 1 unspecified atom stereocenters. The third-order valence-electron chi connectivity index (χ3n) is 2.01. The Morgan fingerprint density at radius 3 is 2.73 bits per heavy atom. The Hall–Kier alpha value is -1.42. The zero-order valence-electron chi connectivity index (χ0n) is 8.40. The smallest absolute Gasteiger partial charge is 0.306 e. The second kappa shape index (κ2) is 4.40. The zero-order valence-corrected chi connectivity index (χ0v) is 8.40. The van der Waals surface area contributed by atoms with Crippen molar-refractivity contribution in [2.24, 2.45) is 0 Å². The van der Waals surface area contributed by atoms with E-state index in [4.69, 9.17) is 5.11 Å². The van der Waals surface area contributed by atoms with Gasteiger partial charge in [0.05, 0.1) is 12.0 Å². The van der Waals surface area contributed by atoms with E-state index in [0.717, 1.165) is 0 Å². The lowest BCUT2D eigenvalue weighted by atomic mass is 9.93. The van der Waals surface area contributed by atoms with Crippen LogP contribution in [0.3, 0.4) is 0 Å². The zero-order chi connectivity index (χ0) is 11.5. The third-order valence-corrected chi connectivity index (χ3v) is 2.01. The monoisotopic (exact) mass is 212 g/mol. The molecule has 0 saturated heterocycles. The maximum absolute atomic E-state index is 12.8. The highest BCUT2D eigenvalue weighted by molar-refractivity contribution is 5.68. The van der Waals surface area contributed by atoms with Crippen molar-refractivity contribution in [2.45, 2.75) is 25.4 Å². The molecule has 1 rings (SSSR count). The first-order valence-corrected chi connectivity index (χ1v) is 4.58. The van der Waals surface area contributed by atoms with Gasteiger partial charge in [0.15, 0.2) is 0 Å². The number of benzene rings is 1. The van der Waals surface area contributed by atoms with Crippen LogP contribution in [0.1, 0.15) is 18.9 Å². The number of carboxylic acids is 1. The molecule has 3 nitrogen and oxygen atoms in total. The topological polar surface area (TPSA) is 57.5 Å². The summed E-state index contributed by atoms with van der Waals surface area (Å²) in [6, 6.07) is 5.77. The summed E-state index contributed by atoms with van der Waals surface area (Å²) in [5.41, 5.74) is -0.763. The van der Waals surface area contributed by atoms with Crippen molar-refractivity contribution in [1.29, 1.82) is 0 Å². The first kappa shape index (κ1) is 11.7. The number of halogens is 1. The summed E-state index contributed by atoms with van der Waals surface area (Å²) >= 11 is 0. The summed E-state index contributed by atoms with van der Waals surface area (Å²) in [5.74, 6) is -1.46. The molecular formula is C11H13FO3. The first-order valence-electron chi connectivity index (χ1n) is 4.58. The van der Waals surface area contributed by atoms with Gasteiger partial charge in [0.25, 0.3) is 0 Å². The van der Waals surface area contributed by atoms with Gasteiger partial charge in [-0.2, -0.15) is 0 Å². The van der Waals surface area contributed by atoms with E-state index in [1.807, 2.05) is 0 Å². The van der Waals surface area contributed by atoms with Crippen LogP contribution < -0.4 is 0 Å². The molecule has 0 fully saturated rings. The van der Waals surface area contributed by atoms with E-state index in [0.29, 0.717) is 5.56 Å². The third kappa shape index (κ3) is 4.08. The molecule has 1 aromatic carbocycles. The maximum atomic E-state index is 12.8. The Labute approximate surface area is 87.2 Å². The highest BCUT2D eigenvalue weighted by Gasteiger charge is 2.24. The molecule has 0 amide bonds. The van der Waals surface area contributed by atoms with Crippen molar-refractivity contribution in [3.05, 3.63) is 35.6 Å². The molecule has 2 N–H and O–H groups in total. The quantitative estimate of drug-likeness (QED) is 0.796. The molecule has 0 aliphatic carbocycles. The Bertz CT molecular complexity index is 361. The first-order chi connectivity index (χ1) is 6.89. The largest absolute Gasteiger partial charge is 0.481 e. The van der Waals surface area contributed by atoms with Gasteiger partial charge in [-0.15, -0.1) is 0 Å². The SMILES string of the molecule is CC(O)(CC(=O)O)Cc1cccc(F)c1. The number of hydrogen-bond donors (Lipinski definition) is 2. The number of hydrogen-bond acceptors (Lipinski definition) is 2. The van der Waals surface area contributed by atoms with E-state index in [2.05, 4.69) is 0 Å². The normalized spacial score (nSPS) is 14.6. The Morgan fingerprint density at radius 1 is 1.53 bits per heavy atom. The minimum Gasteiger partial charge on any atom is -0.481 e. The van der Waals surface area contributed by atoms with E-state index in [1.165, 1.54) is 25.1 Å². The molecule has 0 aromatic heterocycles. The van der Waals surface area contributed by atoms with Crippen LogP contribution in [0.15, 0.2) is 24.3 Å². The number of aliphatic hydroxyl groups is 1. The molecule has 0 bridgehead atoms. The van der Waals surface area contributed by atoms with Crippen molar-refractivity contribution < 1.29 is 19.4 Å². The summed E-state index contributed by atoms with van der Waals surface area (Å²) in [4.78, 5) is 10.4. The van der Waals surface area contributed by atoms with Crippen LogP contribution in [0.4, 0.5) is 4.39 Å². The van der Waals surface area contributed by atoms with Crippen molar-refractivity contribution in [2.75, 3.05) is 0 Å². The molecule has 4 heteroatoms. The van der Waals surface area contributed by atoms with Gasteiger partial charge >= 0.3 is 5.97 Å². The summed E-state index contributed by atoms with van der Waals surface area (Å²) in [6.07, 6.45) is -0.236. The second-order valence-electron chi connectivity index (χ2n) is 3.87. The van der Waals surface area contributed by atoms with E-state index < -0.39 is 17.4 Å². The van der Waals surface area contributed by atoms with Crippen LogP contribution in [-0.4, -0.2) is 21.8 Å². The standard InChI is InChI=1S/C11H13FO3/c1-11(15,7-10(13)14)6-8-3-2-4-9(12)5-8/h2-5,15H,6-7H2,1H3,(H,13,14). The average molecular weight is 212 g/mol. The van der Waals surface area contributed by atoms with Crippen LogP contribution in [0.25, 0.3) is 0 Å². The summed E-state index contributed by atoms with van der Waals surface area (Å²) in [5, 5.41) is 18.3. The van der Waals surface area contributed by atoms with Crippen LogP contribution in [0, 0.1) is 5.82 Å². The molecule has 0 radical (unpaired) electrons. The Morgan fingerprint density at radius 2 is 2.20 bits per heavy atom. The fourth-order valence-electron chi connectivity index (χ4n) is 1.47. The van der Waals surface area contributed by atoms with Crippen LogP contribution in [-0.2, 0) is 11.2 Å². The summed E-state index contributed by atoms with van der Waals surface area (Å²) < 4.78 is 12.8. The van der Waals surface area contributed by atoms with Crippen molar-refractivity contribution >= 4 is 5.97 Å². The van der Waals surface area contributed by atoms with E-state index in [1.54, 1.807) is 6.07 Å². The lowest BCUT2D eigenvalue weighted by Crippen LogP contribution is -2.30. The number of carbonyl (C=O) groups is 1. The van der Waals surface area contributed by atoms with Gasteiger partial charge in [0, 0.05) is 6.42 Å². The molecule has 0 saturated carbocycles. The summed E-state index contributed by atoms with van der Waals surface area (Å²) in [6.45, 7) is 1.42.